The molecule has 0 bridgehead atoms. The van der Waals surface area contributed by atoms with Crippen LogP contribution >= 0.6 is 0 Å². The third kappa shape index (κ3) is 3.07. The first-order valence-electron chi connectivity index (χ1n) is 6.20. The monoisotopic (exact) mass is 203 g/mol. The summed E-state index contributed by atoms with van der Waals surface area (Å²) in [6.45, 7) is 3.45. The Morgan fingerprint density at radius 3 is 2.73 bits per heavy atom. The fourth-order valence-electron chi connectivity index (χ4n) is 2.15. The minimum absolute atomic E-state index is 0.754. The fraction of sp³-hybridized carbons (Fsp3) is 0.571. The summed E-state index contributed by atoms with van der Waals surface area (Å²) in [5.41, 5.74) is 1.51. The lowest BCUT2D eigenvalue weighted by Gasteiger charge is -2.03. The first-order valence-corrected chi connectivity index (χ1v) is 6.20. The van der Waals surface area contributed by atoms with Gasteiger partial charge in [0.05, 0.1) is 0 Å². The van der Waals surface area contributed by atoms with Crippen molar-refractivity contribution in [2.75, 3.05) is 6.54 Å². The standard InChI is InChI=1S/C14H21N/c1-2-3-7-10-15-14-11-13(14)12-8-5-4-6-9-12/h4-6,8-9,13-15H,2-3,7,10-11H2,1H3. The van der Waals surface area contributed by atoms with E-state index in [9.17, 15) is 0 Å². The summed E-state index contributed by atoms with van der Waals surface area (Å²) >= 11 is 0. The Morgan fingerprint density at radius 2 is 2.00 bits per heavy atom. The van der Waals surface area contributed by atoms with Crippen LogP contribution in [0.15, 0.2) is 30.3 Å². The highest BCUT2D eigenvalue weighted by Gasteiger charge is 2.37. The van der Waals surface area contributed by atoms with Gasteiger partial charge in [-0.15, -0.1) is 0 Å². The average Bonchev–Trinajstić information content (AvgIpc) is 3.05. The molecule has 0 spiro atoms. The van der Waals surface area contributed by atoms with Crippen LogP contribution < -0.4 is 5.32 Å². The van der Waals surface area contributed by atoms with Gasteiger partial charge >= 0.3 is 0 Å². The van der Waals surface area contributed by atoms with Gasteiger partial charge in [0.1, 0.15) is 0 Å². The Bertz CT molecular complexity index is 281. The summed E-state index contributed by atoms with van der Waals surface area (Å²) in [7, 11) is 0. The quantitative estimate of drug-likeness (QED) is 0.699. The van der Waals surface area contributed by atoms with Crippen LogP contribution in [0, 0.1) is 0 Å². The number of hydrogen-bond donors (Lipinski definition) is 1. The van der Waals surface area contributed by atoms with Gasteiger partial charge in [0, 0.05) is 12.0 Å². The molecule has 1 aliphatic carbocycles. The molecule has 0 heterocycles. The number of hydrogen-bond acceptors (Lipinski definition) is 1. The lowest BCUT2D eigenvalue weighted by Crippen LogP contribution is -2.19. The molecule has 0 aliphatic heterocycles. The molecule has 2 unspecified atom stereocenters. The van der Waals surface area contributed by atoms with E-state index < -0.39 is 0 Å². The summed E-state index contributed by atoms with van der Waals surface area (Å²) in [6, 6.07) is 11.6. The van der Waals surface area contributed by atoms with E-state index in [1.807, 2.05) is 0 Å². The van der Waals surface area contributed by atoms with Crippen LogP contribution in [0.2, 0.25) is 0 Å². The van der Waals surface area contributed by atoms with Crippen molar-refractivity contribution in [3.8, 4) is 0 Å². The number of benzene rings is 1. The van der Waals surface area contributed by atoms with Gasteiger partial charge in [-0.1, -0.05) is 50.1 Å². The minimum atomic E-state index is 0.754. The normalized spacial score (nSPS) is 24.1. The first kappa shape index (κ1) is 10.7. The van der Waals surface area contributed by atoms with Gasteiger partial charge in [0.15, 0.2) is 0 Å². The second-order valence-electron chi connectivity index (χ2n) is 4.52. The molecule has 1 saturated carbocycles. The number of unbranched alkanes of at least 4 members (excludes halogenated alkanes) is 2. The van der Waals surface area contributed by atoms with Gasteiger partial charge in [0.25, 0.3) is 0 Å². The van der Waals surface area contributed by atoms with E-state index in [0.29, 0.717) is 0 Å². The van der Waals surface area contributed by atoms with Crippen molar-refractivity contribution in [2.45, 2.75) is 44.6 Å². The van der Waals surface area contributed by atoms with Crippen molar-refractivity contribution in [2.24, 2.45) is 0 Å². The van der Waals surface area contributed by atoms with Gasteiger partial charge in [-0.3, -0.25) is 0 Å². The first-order chi connectivity index (χ1) is 7.42. The van der Waals surface area contributed by atoms with Crippen molar-refractivity contribution in [3.05, 3.63) is 35.9 Å². The van der Waals surface area contributed by atoms with E-state index in [0.717, 1.165) is 12.0 Å². The second-order valence-corrected chi connectivity index (χ2v) is 4.52. The van der Waals surface area contributed by atoms with Crippen LogP contribution in [-0.4, -0.2) is 12.6 Å². The molecule has 1 aromatic carbocycles. The van der Waals surface area contributed by atoms with E-state index >= 15 is 0 Å². The molecular weight excluding hydrogens is 182 g/mol. The molecule has 1 nitrogen and oxygen atoms in total. The van der Waals surface area contributed by atoms with Gasteiger partial charge in [-0.05, 0) is 24.9 Å². The molecule has 1 aromatic rings. The Morgan fingerprint density at radius 1 is 1.20 bits per heavy atom. The van der Waals surface area contributed by atoms with E-state index in [2.05, 4.69) is 42.6 Å². The average molecular weight is 203 g/mol. The number of nitrogens with one attached hydrogen (secondary N) is 1. The third-order valence-corrected chi connectivity index (χ3v) is 3.21. The van der Waals surface area contributed by atoms with Crippen molar-refractivity contribution in [1.29, 1.82) is 0 Å². The van der Waals surface area contributed by atoms with E-state index in [-0.39, 0.29) is 0 Å². The molecule has 0 saturated heterocycles. The predicted octanol–water partition coefficient (Wildman–Crippen LogP) is 3.32. The summed E-state index contributed by atoms with van der Waals surface area (Å²) in [6.07, 6.45) is 5.33. The summed E-state index contributed by atoms with van der Waals surface area (Å²) in [5.74, 6) is 0.785. The van der Waals surface area contributed by atoms with Crippen molar-refractivity contribution < 1.29 is 0 Å². The lowest BCUT2D eigenvalue weighted by molar-refractivity contribution is 0.607. The molecule has 82 valence electrons. The maximum Gasteiger partial charge on any atom is 0.0143 e. The zero-order valence-corrected chi connectivity index (χ0v) is 9.58. The summed E-state index contributed by atoms with van der Waals surface area (Å²) in [5, 5.41) is 3.64. The maximum atomic E-state index is 3.64. The largest absolute Gasteiger partial charge is 0.313 e. The maximum absolute atomic E-state index is 3.64. The van der Waals surface area contributed by atoms with Crippen LogP contribution in [0.4, 0.5) is 0 Å². The smallest absolute Gasteiger partial charge is 0.0143 e. The molecular formula is C14H21N. The number of rotatable bonds is 6. The minimum Gasteiger partial charge on any atom is -0.313 e. The van der Waals surface area contributed by atoms with Gasteiger partial charge in [-0.25, -0.2) is 0 Å². The Balaban J connectivity index is 1.68. The third-order valence-electron chi connectivity index (χ3n) is 3.21. The van der Waals surface area contributed by atoms with Gasteiger partial charge < -0.3 is 5.32 Å². The molecule has 0 amide bonds. The van der Waals surface area contributed by atoms with Crippen LogP contribution in [0.5, 0.6) is 0 Å². The molecule has 0 radical (unpaired) electrons. The second kappa shape index (κ2) is 5.32. The van der Waals surface area contributed by atoms with Crippen molar-refractivity contribution in [1.82, 2.24) is 5.32 Å². The lowest BCUT2D eigenvalue weighted by atomic mass is 10.1. The zero-order valence-electron chi connectivity index (χ0n) is 9.58. The summed E-state index contributed by atoms with van der Waals surface area (Å²) < 4.78 is 0. The molecule has 15 heavy (non-hydrogen) atoms. The van der Waals surface area contributed by atoms with Gasteiger partial charge in [-0.2, -0.15) is 0 Å². The Kier molecular flexibility index (Phi) is 3.79. The Labute approximate surface area is 92.9 Å². The molecule has 0 aromatic heterocycles. The summed E-state index contributed by atoms with van der Waals surface area (Å²) in [4.78, 5) is 0. The van der Waals surface area contributed by atoms with E-state index in [1.165, 1.54) is 37.8 Å². The highest BCUT2D eigenvalue weighted by atomic mass is 15.0. The zero-order chi connectivity index (χ0) is 10.5. The van der Waals surface area contributed by atoms with Crippen LogP contribution in [0.1, 0.15) is 44.1 Å². The highest BCUT2D eigenvalue weighted by molar-refractivity contribution is 5.27. The van der Waals surface area contributed by atoms with Crippen molar-refractivity contribution >= 4 is 0 Å². The molecule has 1 aliphatic rings. The van der Waals surface area contributed by atoms with Crippen LogP contribution in [-0.2, 0) is 0 Å². The fourth-order valence-corrected chi connectivity index (χ4v) is 2.15. The molecule has 2 atom stereocenters. The van der Waals surface area contributed by atoms with E-state index in [1.54, 1.807) is 0 Å². The van der Waals surface area contributed by atoms with Crippen molar-refractivity contribution in [3.63, 3.8) is 0 Å². The van der Waals surface area contributed by atoms with Gasteiger partial charge in [0.2, 0.25) is 0 Å². The topological polar surface area (TPSA) is 12.0 Å². The Hall–Kier alpha value is -0.820. The SMILES string of the molecule is CCCCCNC1CC1c1ccccc1. The van der Waals surface area contributed by atoms with Crippen LogP contribution in [0.25, 0.3) is 0 Å². The van der Waals surface area contributed by atoms with E-state index in [4.69, 9.17) is 0 Å². The van der Waals surface area contributed by atoms with Crippen LogP contribution in [0.3, 0.4) is 0 Å². The molecule has 2 rings (SSSR count). The molecule has 1 fully saturated rings. The molecule has 1 heteroatoms. The highest BCUT2D eigenvalue weighted by Crippen LogP contribution is 2.40. The molecule has 1 N–H and O–H groups in total. The predicted molar refractivity (Wildman–Crippen MR) is 65.1 cm³/mol.